The van der Waals surface area contributed by atoms with E-state index < -0.39 is 6.10 Å². The van der Waals surface area contributed by atoms with Crippen LogP contribution >= 0.6 is 0 Å². The summed E-state index contributed by atoms with van der Waals surface area (Å²) in [5.41, 5.74) is 1.22. The smallest absolute Gasteiger partial charge is 0.303 e. The molecule has 0 spiro atoms. The fourth-order valence-electron chi connectivity index (χ4n) is 1.24. The predicted molar refractivity (Wildman–Crippen MR) is 55.1 cm³/mol. The third-order valence-corrected chi connectivity index (χ3v) is 1.98. The Labute approximate surface area is 88.9 Å². The van der Waals surface area contributed by atoms with Crippen molar-refractivity contribution in [3.05, 3.63) is 29.6 Å². The first-order valence-corrected chi connectivity index (χ1v) is 4.83. The minimum absolute atomic E-state index is 0.341. The van der Waals surface area contributed by atoms with Gasteiger partial charge in [-0.1, -0.05) is 6.07 Å². The molecule has 0 bridgehead atoms. The second-order valence-electron chi connectivity index (χ2n) is 3.41. The topological polar surface area (TPSA) is 59.4 Å². The number of esters is 1. The lowest BCUT2D eigenvalue weighted by Gasteiger charge is -2.12. The highest BCUT2D eigenvalue weighted by Gasteiger charge is 2.11. The van der Waals surface area contributed by atoms with Gasteiger partial charge in [-0.05, 0) is 26.0 Å². The van der Waals surface area contributed by atoms with Gasteiger partial charge in [0.1, 0.15) is 6.10 Å². The van der Waals surface area contributed by atoms with Crippen molar-refractivity contribution in [3.63, 3.8) is 0 Å². The van der Waals surface area contributed by atoms with E-state index in [0.29, 0.717) is 11.4 Å². The van der Waals surface area contributed by atoms with Crippen molar-refractivity contribution >= 4 is 5.97 Å². The molecule has 0 saturated heterocycles. The van der Waals surface area contributed by atoms with Crippen LogP contribution in [0.25, 0.3) is 0 Å². The average molecular weight is 209 g/mol. The number of carbonyl (C=O) groups excluding carboxylic acids is 1. The number of pyridine rings is 1. The standard InChI is InChI=1S/C11H15NO3/c1-7(13)10-5-4-6-11(12-10)8(2)15-9(3)14/h4-8,13H,1-3H3/t7-,8-/m1/s1. The van der Waals surface area contributed by atoms with Gasteiger partial charge >= 0.3 is 5.97 Å². The largest absolute Gasteiger partial charge is 0.456 e. The molecule has 2 atom stereocenters. The maximum atomic E-state index is 10.7. The molecule has 0 aliphatic heterocycles. The van der Waals surface area contributed by atoms with Gasteiger partial charge in [0.2, 0.25) is 0 Å². The van der Waals surface area contributed by atoms with Crippen molar-refractivity contribution in [2.45, 2.75) is 33.0 Å². The molecule has 0 unspecified atom stereocenters. The fourth-order valence-corrected chi connectivity index (χ4v) is 1.24. The molecule has 4 nitrogen and oxygen atoms in total. The number of ether oxygens (including phenoxy) is 1. The molecule has 0 radical (unpaired) electrons. The minimum Gasteiger partial charge on any atom is -0.456 e. The monoisotopic (exact) mass is 209 g/mol. The summed E-state index contributed by atoms with van der Waals surface area (Å²) in [6.45, 7) is 4.74. The van der Waals surface area contributed by atoms with Crippen LogP contribution in [0.1, 0.15) is 44.4 Å². The van der Waals surface area contributed by atoms with Gasteiger partial charge < -0.3 is 9.84 Å². The molecule has 1 heterocycles. The third-order valence-electron chi connectivity index (χ3n) is 1.98. The Morgan fingerprint density at radius 1 is 1.40 bits per heavy atom. The van der Waals surface area contributed by atoms with E-state index in [1.807, 2.05) is 0 Å². The van der Waals surface area contributed by atoms with Crippen LogP contribution in [0.4, 0.5) is 0 Å². The van der Waals surface area contributed by atoms with Gasteiger partial charge in [-0.25, -0.2) is 0 Å². The predicted octanol–water partition coefficient (Wildman–Crippen LogP) is 1.76. The molecule has 1 aromatic rings. The van der Waals surface area contributed by atoms with Crippen LogP contribution in [-0.4, -0.2) is 16.1 Å². The van der Waals surface area contributed by atoms with Crippen LogP contribution in [0.2, 0.25) is 0 Å². The fraction of sp³-hybridized carbons (Fsp3) is 0.455. The zero-order chi connectivity index (χ0) is 11.4. The summed E-state index contributed by atoms with van der Waals surface area (Å²) in [6.07, 6.45) is -1.00. The lowest BCUT2D eigenvalue weighted by atomic mass is 10.2. The second kappa shape index (κ2) is 4.89. The zero-order valence-electron chi connectivity index (χ0n) is 9.10. The summed E-state index contributed by atoms with van der Waals surface area (Å²) in [4.78, 5) is 14.9. The van der Waals surface area contributed by atoms with E-state index in [4.69, 9.17) is 4.74 Å². The lowest BCUT2D eigenvalue weighted by Crippen LogP contribution is -2.08. The lowest BCUT2D eigenvalue weighted by molar-refractivity contribution is -0.146. The van der Waals surface area contributed by atoms with Crippen LogP contribution in [0, 0.1) is 0 Å². The van der Waals surface area contributed by atoms with Gasteiger partial charge in [-0.2, -0.15) is 0 Å². The molecule has 1 rings (SSSR count). The number of hydrogen-bond acceptors (Lipinski definition) is 4. The molecule has 1 aromatic heterocycles. The molecule has 0 aromatic carbocycles. The first kappa shape index (κ1) is 11.7. The Balaban J connectivity index is 2.85. The highest BCUT2D eigenvalue weighted by Crippen LogP contribution is 2.17. The molecule has 4 heteroatoms. The summed E-state index contributed by atoms with van der Waals surface area (Å²) < 4.78 is 4.99. The minimum atomic E-state index is -0.616. The maximum absolute atomic E-state index is 10.7. The van der Waals surface area contributed by atoms with Gasteiger partial charge in [-0.3, -0.25) is 9.78 Å². The highest BCUT2D eigenvalue weighted by atomic mass is 16.5. The molecule has 82 valence electrons. The highest BCUT2D eigenvalue weighted by molar-refractivity contribution is 5.66. The summed E-state index contributed by atoms with van der Waals surface area (Å²) in [5, 5.41) is 9.34. The molecule has 15 heavy (non-hydrogen) atoms. The summed E-state index contributed by atoms with van der Waals surface area (Å²) in [6, 6.07) is 5.28. The molecule has 0 saturated carbocycles. The third kappa shape index (κ3) is 3.32. The maximum Gasteiger partial charge on any atom is 0.303 e. The van der Waals surface area contributed by atoms with Gasteiger partial charge in [0.25, 0.3) is 0 Å². The summed E-state index contributed by atoms with van der Waals surface area (Å²) in [7, 11) is 0. The quantitative estimate of drug-likeness (QED) is 0.770. The SMILES string of the molecule is CC(=O)O[C@H](C)c1cccc([C@@H](C)O)n1. The van der Waals surface area contributed by atoms with E-state index in [1.54, 1.807) is 32.0 Å². The Hall–Kier alpha value is -1.42. The molecule has 0 fully saturated rings. The van der Waals surface area contributed by atoms with Crippen LogP contribution in [0.15, 0.2) is 18.2 Å². The first-order valence-electron chi connectivity index (χ1n) is 4.83. The van der Waals surface area contributed by atoms with Gasteiger partial charge in [-0.15, -0.1) is 0 Å². The van der Waals surface area contributed by atoms with Crippen molar-refractivity contribution in [3.8, 4) is 0 Å². The number of hydrogen-bond donors (Lipinski definition) is 1. The molecule has 0 aliphatic rings. The van der Waals surface area contributed by atoms with Crippen molar-refractivity contribution in [1.29, 1.82) is 0 Å². The Morgan fingerprint density at radius 2 is 2.00 bits per heavy atom. The number of aromatic nitrogens is 1. The van der Waals surface area contributed by atoms with Crippen LogP contribution < -0.4 is 0 Å². The molecular weight excluding hydrogens is 194 g/mol. The first-order chi connectivity index (χ1) is 7.00. The normalized spacial score (nSPS) is 14.4. The van der Waals surface area contributed by atoms with E-state index in [-0.39, 0.29) is 12.1 Å². The zero-order valence-corrected chi connectivity index (χ0v) is 9.10. The van der Waals surface area contributed by atoms with E-state index in [9.17, 15) is 9.90 Å². The van der Waals surface area contributed by atoms with Crippen molar-refractivity contribution in [1.82, 2.24) is 4.98 Å². The number of aliphatic hydroxyl groups is 1. The van der Waals surface area contributed by atoms with Crippen LogP contribution in [0.5, 0.6) is 0 Å². The number of carbonyl (C=O) groups is 1. The van der Waals surface area contributed by atoms with Crippen molar-refractivity contribution in [2.75, 3.05) is 0 Å². The average Bonchev–Trinajstić information content (AvgIpc) is 2.17. The molecular formula is C11H15NO3. The van der Waals surface area contributed by atoms with Crippen molar-refractivity contribution < 1.29 is 14.6 Å². The number of rotatable bonds is 3. The Morgan fingerprint density at radius 3 is 2.53 bits per heavy atom. The van der Waals surface area contributed by atoms with Gasteiger partial charge in [0, 0.05) is 6.92 Å². The van der Waals surface area contributed by atoms with Crippen molar-refractivity contribution in [2.24, 2.45) is 0 Å². The van der Waals surface area contributed by atoms with Gasteiger partial charge in [0.15, 0.2) is 0 Å². The van der Waals surface area contributed by atoms with E-state index in [1.165, 1.54) is 6.92 Å². The molecule has 1 N–H and O–H groups in total. The number of nitrogens with zero attached hydrogens (tertiary/aromatic N) is 1. The Bertz CT molecular complexity index is 349. The van der Waals surface area contributed by atoms with E-state index in [2.05, 4.69) is 4.98 Å². The van der Waals surface area contributed by atoms with Crippen LogP contribution in [-0.2, 0) is 9.53 Å². The van der Waals surface area contributed by atoms with E-state index >= 15 is 0 Å². The van der Waals surface area contributed by atoms with E-state index in [0.717, 1.165) is 0 Å². The number of aliphatic hydroxyl groups excluding tert-OH is 1. The molecule has 0 aliphatic carbocycles. The van der Waals surface area contributed by atoms with Gasteiger partial charge in [0.05, 0.1) is 17.5 Å². The van der Waals surface area contributed by atoms with Crippen LogP contribution in [0.3, 0.4) is 0 Å². The summed E-state index contributed by atoms with van der Waals surface area (Å²) in [5.74, 6) is -0.341. The second-order valence-corrected chi connectivity index (χ2v) is 3.41. The Kier molecular flexibility index (Phi) is 3.80. The molecule has 0 amide bonds. The summed E-state index contributed by atoms with van der Waals surface area (Å²) >= 11 is 0.